The molecule has 5 heteroatoms. The Morgan fingerprint density at radius 3 is 1.77 bits per heavy atom. The molecule has 0 spiro atoms. The van der Waals surface area contributed by atoms with Gasteiger partial charge >= 0.3 is 0 Å². The number of unbranched alkanes of at least 4 members (excludes halogenated alkanes) is 1. The van der Waals surface area contributed by atoms with Crippen LogP contribution in [0.25, 0.3) is 11.1 Å². The number of hydrogen-bond acceptors (Lipinski definition) is 3. The van der Waals surface area contributed by atoms with Gasteiger partial charge in [-0.3, -0.25) is 14.4 Å². The van der Waals surface area contributed by atoms with E-state index in [0.29, 0.717) is 23.4 Å². The first-order valence-electron chi connectivity index (χ1n) is 14.1. The summed E-state index contributed by atoms with van der Waals surface area (Å²) in [5.74, 6) is -0.480. The van der Waals surface area contributed by atoms with Gasteiger partial charge in [0.05, 0.1) is 16.8 Å². The topological polar surface area (TPSA) is 66.5 Å². The summed E-state index contributed by atoms with van der Waals surface area (Å²) in [6.07, 6.45) is 4.26. The number of amides is 3. The fourth-order valence-corrected chi connectivity index (χ4v) is 6.30. The number of rotatable bonds is 9. The van der Waals surface area contributed by atoms with Crippen molar-refractivity contribution in [2.45, 2.75) is 44.4 Å². The van der Waals surface area contributed by atoms with E-state index in [1.807, 2.05) is 48.5 Å². The molecular weight excluding hydrogens is 496 g/mol. The lowest BCUT2D eigenvalue weighted by Gasteiger charge is -2.31. The minimum atomic E-state index is -0.697. The largest absolute Gasteiger partial charge is 0.355 e. The first-order chi connectivity index (χ1) is 19.6. The van der Waals surface area contributed by atoms with E-state index in [0.717, 1.165) is 59.9 Å². The van der Waals surface area contributed by atoms with Gasteiger partial charge in [0, 0.05) is 6.54 Å². The predicted octanol–water partition coefficient (Wildman–Crippen LogP) is 6.69. The van der Waals surface area contributed by atoms with Crippen LogP contribution >= 0.6 is 0 Å². The zero-order valence-electron chi connectivity index (χ0n) is 22.7. The van der Waals surface area contributed by atoms with E-state index < -0.39 is 5.41 Å². The van der Waals surface area contributed by atoms with Gasteiger partial charge in [-0.25, -0.2) is 4.90 Å². The quantitative estimate of drug-likeness (QED) is 0.194. The van der Waals surface area contributed by atoms with Gasteiger partial charge in [0.25, 0.3) is 11.8 Å². The fourth-order valence-electron chi connectivity index (χ4n) is 6.30. The highest BCUT2D eigenvalue weighted by molar-refractivity contribution is 6.34. The normalized spacial score (nSPS) is 14.6. The van der Waals surface area contributed by atoms with Gasteiger partial charge in [-0.2, -0.15) is 0 Å². The fraction of sp³-hybridized carbons (Fsp3) is 0.229. The number of nitrogens with one attached hydrogen (secondary N) is 1. The average molecular weight is 529 g/mol. The minimum Gasteiger partial charge on any atom is -0.355 e. The second-order valence-electron chi connectivity index (χ2n) is 10.6. The van der Waals surface area contributed by atoms with Gasteiger partial charge in [0.2, 0.25) is 5.91 Å². The molecule has 0 radical (unpaired) electrons. The number of hydrogen-bond donors (Lipinski definition) is 1. The molecule has 40 heavy (non-hydrogen) atoms. The van der Waals surface area contributed by atoms with Crippen LogP contribution in [0, 0.1) is 0 Å². The van der Waals surface area contributed by atoms with E-state index in [2.05, 4.69) is 36.5 Å². The maximum atomic E-state index is 13.8. The zero-order chi connectivity index (χ0) is 27.7. The number of carbonyl (C=O) groups is 3. The molecule has 1 aliphatic carbocycles. The van der Waals surface area contributed by atoms with Gasteiger partial charge < -0.3 is 5.32 Å². The Morgan fingerprint density at radius 2 is 1.23 bits per heavy atom. The molecule has 0 bridgehead atoms. The summed E-state index contributed by atoms with van der Waals surface area (Å²) in [5.41, 5.74) is 6.40. The Kier molecular flexibility index (Phi) is 6.81. The van der Waals surface area contributed by atoms with Crippen molar-refractivity contribution in [3.8, 4) is 11.1 Å². The van der Waals surface area contributed by atoms with Gasteiger partial charge in [-0.1, -0.05) is 86.1 Å². The summed E-state index contributed by atoms with van der Waals surface area (Å²) in [7, 11) is 0. The molecule has 5 nitrogen and oxygen atoms in total. The third-order valence-electron chi connectivity index (χ3n) is 8.24. The smallest absolute Gasteiger partial charge is 0.266 e. The standard InChI is InChI=1S/C35H32N2O3/c1-2-23-36-34(40)35(30-16-7-5-12-26(30)27-13-6-8-17-31(27)35)22-10-9-11-24-18-20-25(21-19-24)37-32(38)28-14-3-4-15-29(28)33(37)39/h3-8,12-21H,2,9-11,22-23H2,1H3,(H,36,40). The third-order valence-corrected chi connectivity index (χ3v) is 8.24. The lowest BCUT2D eigenvalue weighted by Crippen LogP contribution is -2.44. The van der Waals surface area contributed by atoms with Crippen molar-refractivity contribution in [3.05, 3.63) is 125 Å². The van der Waals surface area contributed by atoms with Crippen molar-refractivity contribution in [1.82, 2.24) is 5.32 Å². The molecule has 6 rings (SSSR count). The monoisotopic (exact) mass is 528 g/mol. The molecule has 1 N–H and O–H groups in total. The van der Waals surface area contributed by atoms with E-state index in [4.69, 9.17) is 0 Å². The first kappa shape index (κ1) is 25.8. The number of anilines is 1. The van der Waals surface area contributed by atoms with Crippen LogP contribution in [0.4, 0.5) is 5.69 Å². The van der Waals surface area contributed by atoms with Crippen LogP contribution in [0.1, 0.15) is 70.0 Å². The molecule has 0 aromatic heterocycles. The van der Waals surface area contributed by atoms with Crippen molar-refractivity contribution < 1.29 is 14.4 Å². The van der Waals surface area contributed by atoms with Crippen LogP contribution in [0.2, 0.25) is 0 Å². The van der Waals surface area contributed by atoms with Crippen LogP contribution < -0.4 is 10.2 Å². The summed E-state index contributed by atoms with van der Waals surface area (Å²) in [6, 6.07) is 31.2. The molecule has 0 saturated heterocycles. The van der Waals surface area contributed by atoms with Crippen molar-refractivity contribution >= 4 is 23.4 Å². The van der Waals surface area contributed by atoms with Crippen LogP contribution in [0.3, 0.4) is 0 Å². The zero-order valence-corrected chi connectivity index (χ0v) is 22.7. The van der Waals surface area contributed by atoms with Crippen LogP contribution in [0.15, 0.2) is 97.1 Å². The molecule has 4 aromatic carbocycles. The molecule has 0 atom stereocenters. The second-order valence-corrected chi connectivity index (χ2v) is 10.6. The van der Waals surface area contributed by atoms with E-state index in [1.54, 1.807) is 24.3 Å². The maximum Gasteiger partial charge on any atom is 0.266 e. The number of fused-ring (bicyclic) bond motifs is 4. The molecule has 4 aromatic rings. The lowest BCUT2D eigenvalue weighted by atomic mass is 9.73. The van der Waals surface area contributed by atoms with Gasteiger partial charge in [0.1, 0.15) is 5.41 Å². The van der Waals surface area contributed by atoms with Crippen molar-refractivity contribution in [1.29, 1.82) is 0 Å². The Balaban J connectivity index is 1.18. The van der Waals surface area contributed by atoms with Crippen LogP contribution in [-0.2, 0) is 16.6 Å². The number of benzene rings is 4. The van der Waals surface area contributed by atoms with Crippen LogP contribution in [0.5, 0.6) is 0 Å². The van der Waals surface area contributed by atoms with Gasteiger partial charge in [0.15, 0.2) is 0 Å². The highest BCUT2D eigenvalue weighted by Crippen LogP contribution is 2.51. The molecule has 200 valence electrons. The third kappa shape index (κ3) is 4.13. The molecule has 0 saturated carbocycles. The molecule has 2 aliphatic rings. The Hall–Kier alpha value is -4.51. The molecular formula is C35H32N2O3. The lowest BCUT2D eigenvalue weighted by molar-refractivity contribution is -0.125. The van der Waals surface area contributed by atoms with Crippen LogP contribution in [-0.4, -0.2) is 24.3 Å². The van der Waals surface area contributed by atoms with Gasteiger partial charge in [-0.05, 0) is 77.8 Å². The molecule has 1 heterocycles. The predicted molar refractivity (Wildman–Crippen MR) is 158 cm³/mol. The van der Waals surface area contributed by atoms with Gasteiger partial charge in [-0.15, -0.1) is 0 Å². The van der Waals surface area contributed by atoms with Crippen molar-refractivity contribution in [2.24, 2.45) is 0 Å². The number of carbonyl (C=O) groups excluding carboxylic acids is 3. The second kappa shape index (κ2) is 10.6. The number of aryl methyl sites for hydroxylation is 1. The summed E-state index contributed by atoms with van der Waals surface area (Å²) in [4.78, 5) is 40.8. The van der Waals surface area contributed by atoms with E-state index >= 15 is 0 Å². The molecule has 0 fully saturated rings. The molecule has 0 unspecified atom stereocenters. The van der Waals surface area contributed by atoms with Crippen molar-refractivity contribution in [3.63, 3.8) is 0 Å². The van der Waals surface area contributed by atoms with E-state index in [-0.39, 0.29) is 17.7 Å². The Morgan fingerprint density at radius 1 is 0.700 bits per heavy atom. The highest BCUT2D eigenvalue weighted by Gasteiger charge is 2.48. The Labute approximate surface area is 234 Å². The molecule has 3 amide bonds. The summed E-state index contributed by atoms with van der Waals surface area (Å²) in [6.45, 7) is 2.73. The SMILES string of the molecule is CCCNC(=O)C1(CCCCc2ccc(N3C(=O)c4ccccc4C3=O)cc2)c2ccccc2-c2ccccc21. The summed E-state index contributed by atoms with van der Waals surface area (Å²) < 4.78 is 0. The van der Waals surface area contributed by atoms with E-state index in [1.165, 1.54) is 4.90 Å². The maximum absolute atomic E-state index is 13.8. The average Bonchev–Trinajstić information content (AvgIpc) is 3.43. The minimum absolute atomic E-state index is 0.0806. The van der Waals surface area contributed by atoms with Crippen molar-refractivity contribution in [2.75, 3.05) is 11.4 Å². The Bertz CT molecular complexity index is 1520. The summed E-state index contributed by atoms with van der Waals surface area (Å²) >= 11 is 0. The highest BCUT2D eigenvalue weighted by atomic mass is 16.2. The first-order valence-corrected chi connectivity index (χ1v) is 14.1. The number of imide groups is 1. The van der Waals surface area contributed by atoms with E-state index in [9.17, 15) is 14.4 Å². The number of nitrogens with zero attached hydrogens (tertiary/aromatic N) is 1. The summed E-state index contributed by atoms with van der Waals surface area (Å²) in [5, 5.41) is 3.20. The molecule has 1 aliphatic heterocycles.